The highest BCUT2D eigenvalue weighted by Gasteiger charge is 2.34. The van der Waals surface area contributed by atoms with Crippen LogP contribution < -0.4 is 4.90 Å². The summed E-state index contributed by atoms with van der Waals surface area (Å²) in [5, 5.41) is 0. The third kappa shape index (κ3) is 3.12. The Hall–Kier alpha value is -1.85. The molecule has 0 fully saturated rings. The van der Waals surface area contributed by atoms with Gasteiger partial charge in [-0.1, -0.05) is 29.8 Å². The summed E-state index contributed by atoms with van der Waals surface area (Å²) in [6.07, 6.45) is -0.0414. The second kappa shape index (κ2) is 6.34. The van der Waals surface area contributed by atoms with E-state index in [2.05, 4.69) is 0 Å². The molecule has 1 aromatic heterocycles. The van der Waals surface area contributed by atoms with Gasteiger partial charge < -0.3 is 9.64 Å². The smallest absolute Gasteiger partial charge is 0.349 e. The molecule has 0 bridgehead atoms. The fraction of sp³-hybridized carbons (Fsp3) is 0.294. The van der Waals surface area contributed by atoms with Crippen LogP contribution in [0.25, 0.3) is 0 Å². The number of ether oxygens (including phenoxy) is 1. The van der Waals surface area contributed by atoms with Gasteiger partial charge in [0.1, 0.15) is 4.88 Å². The van der Waals surface area contributed by atoms with E-state index in [-0.39, 0.29) is 11.9 Å². The van der Waals surface area contributed by atoms with Crippen molar-refractivity contribution in [1.29, 1.82) is 0 Å². The Labute approximate surface area is 143 Å². The van der Waals surface area contributed by atoms with Crippen molar-refractivity contribution in [3.8, 4) is 0 Å². The second-order valence-electron chi connectivity index (χ2n) is 5.54. The number of thiophene rings is 1. The van der Waals surface area contributed by atoms with Gasteiger partial charge in [-0.3, -0.25) is 4.79 Å². The Morgan fingerprint density at radius 3 is 2.74 bits per heavy atom. The molecule has 0 unspecified atom stereocenters. The first-order valence-electron chi connectivity index (χ1n) is 7.34. The van der Waals surface area contributed by atoms with Crippen molar-refractivity contribution in [3.63, 3.8) is 0 Å². The predicted molar refractivity (Wildman–Crippen MR) is 91.3 cm³/mol. The van der Waals surface area contributed by atoms with Crippen molar-refractivity contribution in [3.05, 3.63) is 51.2 Å². The Morgan fingerprint density at radius 2 is 2.04 bits per heavy atom. The van der Waals surface area contributed by atoms with Gasteiger partial charge in [0.15, 0.2) is 6.10 Å². The number of benzene rings is 1. The first-order valence-corrected chi connectivity index (χ1v) is 8.54. The molecule has 1 amide bonds. The normalized spacial score (nSPS) is 17.7. The van der Waals surface area contributed by atoms with Gasteiger partial charge in [0, 0.05) is 11.7 Å². The van der Waals surface area contributed by atoms with Crippen LogP contribution in [0, 0.1) is 0 Å². The van der Waals surface area contributed by atoms with Crippen molar-refractivity contribution < 1.29 is 14.3 Å². The summed E-state index contributed by atoms with van der Waals surface area (Å²) >= 11 is 6.95. The van der Waals surface area contributed by atoms with E-state index >= 15 is 0 Å². The molecule has 23 heavy (non-hydrogen) atoms. The quantitative estimate of drug-likeness (QED) is 0.789. The number of hydrogen-bond acceptors (Lipinski definition) is 4. The minimum atomic E-state index is -0.850. The molecule has 1 aliphatic rings. The van der Waals surface area contributed by atoms with E-state index in [0.717, 1.165) is 29.0 Å². The molecule has 1 aliphatic heterocycles. The number of para-hydroxylation sites is 1. The molecule has 2 atom stereocenters. The molecule has 0 spiro atoms. The molecule has 0 saturated heterocycles. The molecule has 2 aromatic rings. The molecule has 0 N–H and O–H groups in total. The number of esters is 1. The van der Waals surface area contributed by atoms with Gasteiger partial charge >= 0.3 is 5.97 Å². The van der Waals surface area contributed by atoms with Crippen LogP contribution in [0.1, 0.15) is 29.1 Å². The number of anilines is 1. The Morgan fingerprint density at radius 1 is 1.30 bits per heavy atom. The molecule has 6 heteroatoms. The maximum atomic E-state index is 12.7. The molecule has 0 radical (unpaired) electrons. The Balaban J connectivity index is 1.74. The third-order valence-electron chi connectivity index (χ3n) is 3.85. The second-order valence-corrected chi connectivity index (χ2v) is 7.26. The molecule has 1 aromatic carbocycles. The minimum absolute atomic E-state index is 0.0530. The number of fused-ring (bicyclic) bond motifs is 1. The SMILES string of the molecule is C[C@@H]1Cc2ccccc2N1C(=O)[C@@H](C)OC(=O)c1ccc(Cl)s1. The highest BCUT2D eigenvalue weighted by Crippen LogP contribution is 2.32. The lowest BCUT2D eigenvalue weighted by Crippen LogP contribution is -2.43. The number of carbonyl (C=O) groups excluding carboxylic acids is 2. The Bertz CT molecular complexity index is 758. The van der Waals surface area contributed by atoms with E-state index in [1.807, 2.05) is 31.2 Å². The van der Waals surface area contributed by atoms with Gasteiger partial charge in [0.05, 0.1) is 4.34 Å². The van der Waals surface area contributed by atoms with Crippen LogP contribution >= 0.6 is 22.9 Å². The van der Waals surface area contributed by atoms with Crippen molar-refractivity contribution in [2.75, 3.05) is 4.90 Å². The average Bonchev–Trinajstić information content (AvgIpc) is 3.09. The van der Waals surface area contributed by atoms with E-state index in [0.29, 0.717) is 9.21 Å². The van der Waals surface area contributed by atoms with Gasteiger partial charge in [-0.2, -0.15) is 0 Å². The van der Waals surface area contributed by atoms with Crippen LogP contribution in [-0.2, 0) is 16.0 Å². The molecular formula is C17H16ClNO3S. The largest absolute Gasteiger partial charge is 0.448 e. The number of carbonyl (C=O) groups is 2. The van der Waals surface area contributed by atoms with Crippen molar-refractivity contribution >= 4 is 40.5 Å². The standard InChI is InChI=1S/C17H16ClNO3S/c1-10-9-12-5-3-4-6-13(12)19(10)16(20)11(2)22-17(21)14-7-8-15(18)23-14/h3-8,10-11H,9H2,1-2H3/t10-,11-/m1/s1. The van der Waals surface area contributed by atoms with Gasteiger partial charge in [0.25, 0.3) is 5.91 Å². The number of halogens is 1. The van der Waals surface area contributed by atoms with E-state index in [4.69, 9.17) is 16.3 Å². The summed E-state index contributed by atoms with van der Waals surface area (Å²) in [7, 11) is 0. The van der Waals surface area contributed by atoms with Gasteiger partial charge in [0.2, 0.25) is 0 Å². The minimum Gasteiger partial charge on any atom is -0.448 e. The fourth-order valence-electron chi connectivity index (χ4n) is 2.79. The summed E-state index contributed by atoms with van der Waals surface area (Å²) in [5.74, 6) is -0.735. The predicted octanol–water partition coefficient (Wildman–Crippen LogP) is 3.92. The van der Waals surface area contributed by atoms with Crippen molar-refractivity contribution in [2.45, 2.75) is 32.4 Å². The van der Waals surface area contributed by atoms with Crippen LogP contribution in [-0.4, -0.2) is 24.0 Å². The lowest BCUT2D eigenvalue weighted by atomic mass is 10.1. The lowest BCUT2D eigenvalue weighted by molar-refractivity contribution is -0.126. The fourth-order valence-corrected chi connectivity index (χ4v) is 3.72. The summed E-state index contributed by atoms with van der Waals surface area (Å²) in [5.41, 5.74) is 2.03. The average molecular weight is 350 g/mol. The maximum absolute atomic E-state index is 12.7. The third-order valence-corrected chi connectivity index (χ3v) is 5.06. The molecule has 0 aliphatic carbocycles. The summed E-state index contributed by atoms with van der Waals surface area (Å²) < 4.78 is 5.82. The monoisotopic (exact) mass is 349 g/mol. The van der Waals surface area contributed by atoms with E-state index in [1.165, 1.54) is 0 Å². The molecule has 2 heterocycles. The number of nitrogens with zero attached hydrogens (tertiary/aromatic N) is 1. The highest BCUT2D eigenvalue weighted by molar-refractivity contribution is 7.17. The highest BCUT2D eigenvalue weighted by atomic mass is 35.5. The maximum Gasteiger partial charge on any atom is 0.349 e. The van der Waals surface area contributed by atoms with Crippen LogP contribution in [0.3, 0.4) is 0 Å². The number of rotatable bonds is 3. The molecule has 120 valence electrons. The van der Waals surface area contributed by atoms with Crippen LogP contribution in [0.2, 0.25) is 4.34 Å². The summed E-state index contributed by atoms with van der Waals surface area (Å²) in [4.78, 5) is 26.9. The van der Waals surface area contributed by atoms with Crippen LogP contribution in [0.5, 0.6) is 0 Å². The van der Waals surface area contributed by atoms with E-state index in [9.17, 15) is 9.59 Å². The summed E-state index contributed by atoms with van der Waals surface area (Å²) in [6.45, 7) is 3.59. The van der Waals surface area contributed by atoms with Gasteiger partial charge in [-0.15, -0.1) is 11.3 Å². The van der Waals surface area contributed by atoms with Gasteiger partial charge in [-0.05, 0) is 44.0 Å². The molecule has 0 saturated carbocycles. The zero-order valence-corrected chi connectivity index (χ0v) is 14.4. The van der Waals surface area contributed by atoms with E-state index < -0.39 is 12.1 Å². The lowest BCUT2D eigenvalue weighted by Gasteiger charge is -2.25. The van der Waals surface area contributed by atoms with Crippen LogP contribution in [0.15, 0.2) is 36.4 Å². The van der Waals surface area contributed by atoms with Gasteiger partial charge in [-0.25, -0.2) is 4.79 Å². The number of hydrogen-bond donors (Lipinski definition) is 0. The first-order chi connectivity index (χ1) is 11.0. The number of amides is 1. The first kappa shape index (κ1) is 16.0. The molecule has 4 nitrogen and oxygen atoms in total. The summed E-state index contributed by atoms with van der Waals surface area (Å²) in [6, 6.07) is 11.1. The molecule has 3 rings (SSSR count). The van der Waals surface area contributed by atoms with Crippen molar-refractivity contribution in [2.24, 2.45) is 0 Å². The van der Waals surface area contributed by atoms with Crippen molar-refractivity contribution in [1.82, 2.24) is 0 Å². The zero-order chi connectivity index (χ0) is 16.6. The molecular weight excluding hydrogens is 334 g/mol. The van der Waals surface area contributed by atoms with E-state index in [1.54, 1.807) is 24.0 Å². The Kier molecular flexibility index (Phi) is 4.41. The zero-order valence-electron chi connectivity index (χ0n) is 12.8. The van der Waals surface area contributed by atoms with Crippen LogP contribution in [0.4, 0.5) is 5.69 Å². The topological polar surface area (TPSA) is 46.6 Å².